The van der Waals surface area contributed by atoms with Crippen molar-refractivity contribution in [3.8, 4) is 11.3 Å². The molecule has 0 atom stereocenters. The third-order valence-electron chi connectivity index (χ3n) is 5.51. The van der Waals surface area contributed by atoms with E-state index >= 15 is 0 Å². The van der Waals surface area contributed by atoms with Gasteiger partial charge < -0.3 is 4.57 Å². The zero-order valence-electron chi connectivity index (χ0n) is 18.5. The summed E-state index contributed by atoms with van der Waals surface area (Å²) in [5, 5.41) is 0.617. The Bertz CT molecular complexity index is 1200. The standard InChI is InChI=1S/C25H28ClN3O3/c1-3-4-5-8-23-27-22(18-10-12-19(26)13-11-18)16-25(32)29(23)17-21(30)15-14-20-7-6-9-24(31)28(20)2/h6-7,9-13,16H,3-5,8,14-15,17H2,1-2H3. The van der Waals surface area contributed by atoms with Crippen LogP contribution in [0, 0.1) is 0 Å². The minimum atomic E-state index is -0.239. The summed E-state index contributed by atoms with van der Waals surface area (Å²) in [6, 6.07) is 13.7. The molecule has 168 valence electrons. The molecule has 0 fully saturated rings. The molecule has 0 saturated heterocycles. The van der Waals surface area contributed by atoms with Gasteiger partial charge in [0.05, 0.1) is 12.2 Å². The predicted octanol–water partition coefficient (Wildman–Crippen LogP) is 4.20. The van der Waals surface area contributed by atoms with Gasteiger partial charge in [-0.1, -0.05) is 49.6 Å². The Morgan fingerprint density at radius 1 is 1.00 bits per heavy atom. The second-order valence-corrected chi connectivity index (χ2v) is 8.34. The SMILES string of the molecule is CCCCCc1nc(-c2ccc(Cl)cc2)cc(=O)n1CC(=O)CCc1cccc(=O)n1C. The maximum Gasteiger partial charge on any atom is 0.254 e. The fraction of sp³-hybridized carbons (Fsp3) is 0.360. The molecule has 0 N–H and O–H groups in total. The van der Waals surface area contributed by atoms with Gasteiger partial charge in [-0.05, 0) is 31.0 Å². The average molecular weight is 454 g/mol. The van der Waals surface area contributed by atoms with Gasteiger partial charge in [-0.15, -0.1) is 0 Å². The lowest BCUT2D eigenvalue weighted by molar-refractivity contribution is -0.119. The van der Waals surface area contributed by atoms with E-state index in [2.05, 4.69) is 6.92 Å². The fourth-order valence-corrected chi connectivity index (χ4v) is 3.72. The number of aromatic nitrogens is 3. The zero-order chi connectivity index (χ0) is 23.1. The molecule has 3 aromatic rings. The number of nitrogens with zero attached hydrogens (tertiary/aromatic N) is 3. The Balaban J connectivity index is 1.82. The van der Waals surface area contributed by atoms with Crippen LogP contribution < -0.4 is 11.1 Å². The lowest BCUT2D eigenvalue weighted by Gasteiger charge is -2.14. The quantitative estimate of drug-likeness (QED) is 0.431. The molecule has 0 aliphatic rings. The number of benzene rings is 1. The second kappa shape index (κ2) is 11.0. The number of halogens is 1. The van der Waals surface area contributed by atoms with Crippen LogP contribution >= 0.6 is 11.6 Å². The van der Waals surface area contributed by atoms with E-state index in [4.69, 9.17) is 16.6 Å². The van der Waals surface area contributed by atoms with Gasteiger partial charge in [0, 0.05) is 48.3 Å². The third kappa shape index (κ3) is 6.04. The molecule has 0 unspecified atom stereocenters. The summed E-state index contributed by atoms with van der Waals surface area (Å²) < 4.78 is 3.03. The first-order chi connectivity index (χ1) is 15.4. The number of unbranched alkanes of at least 4 members (excludes halogenated alkanes) is 2. The summed E-state index contributed by atoms with van der Waals surface area (Å²) in [5.41, 5.74) is 1.84. The van der Waals surface area contributed by atoms with Gasteiger partial charge in [-0.2, -0.15) is 0 Å². The molecule has 32 heavy (non-hydrogen) atoms. The number of carbonyl (C=O) groups excluding carboxylic acids is 1. The van der Waals surface area contributed by atoms with Crippen LogP contribution in [0.1, 0.15) is 44.1 Å². The van der Waals surface area contributed by atoms with Crippen LogP contribution in [-0.2, 0) is 31.2 Å². The van der Waals surface area contributed by atoms with E-state index < -0.39 is 0 Å². The summed E-state index contributed by atoms with van der Waals surface area (Å²) in [5.74, 6) is 0.553. The van der Waals surface area contributed by atoms with Crippen molar-refractivity contribution in [3.63, 3.8) is 0 Å². The third-order valence-corrected chi connectivity index (χ3v) is 5.77. The number of Topliss-reactive ketones (excluding diaryl/α,β-unsaturated/α-hetero) is 1. The first-order valence-electron chi connectivity index (χ1n) is 10.9. The van der Waals surface area contributed by atoms with E-state index in [1.165, 1.54) is 21.3 Å². The van der Waals surface area contributed by atoms with Crippen LogP contribution in [0.3, 0.4) is 0 Å². The van der Waals surface area contributed by atoms with Gasteiger partial charge in [-0.3, -0.25) is 19.0 Å². The van der Waals surface area contributed by atoms with Crippen LogP contribution in [0.25, 0.3) is 11.3 Å². The molecule has 1 aromatic carbocycles. The number of hydrogen-bond acceptors (Lipinski definition) is 4. The van der Waals surface area contributed by atoms with Gasteiger partial charge in [0.2, 0.25) is 5.56 Å². The van der Waals surface area contributed by atoms with Crippen LogP contribution in [0.5, 0.6) is 0 Å². The van der Waals surface area contributed by atoms with Gasteiger partial charge in [-0.25, -0.2) is 4.98 Å². The van der Waals surface area contributed by atoms with Crippen LogP contribution in [-0.4, -0.2) is 19.9 Å². The average Bonchev–Trinajstić information content (AvgIpc) is 2.77. The molecule has 3 rings (SSSR count). The number of carbonyl (C=O) groups is 1. The molecular weight excluding hydrogens is 426 g/mol. The number of aryl methyl sites for hydroxylation is 2. The van der Waals surface area contributed by atoms with Crippen molar-refractivity contribution in [1.82, 2.24) is 14.1 Å². The van der Waals surface area contributed by atoms with Gasteiger partial charge in [0.1, 0.15) is 5.82 Å². The minimum absolute atomic E-state index is 0.0189. The fourth-order valence-electron chi connectivity index (χ4n) is 3.60. The molecule has 2 heterocycles. The summed E-state index contributed by atoms with van der Waals surface area (Å²) in [7, 11) is 1.69. The van der Waals surface area contributed by atoms with E-state index in [9.17, 15) is 14.4 Å². The molecule has 7 heteroatoms. The van der Waals surface area contributed by atoms with Crippen LogP contribution in [0.2, 0.25) is 5.02 Å². The summed E-state index contributed by atoms with van der Waals surface area (Å²) >= 11 is 5.98. The lowest BCUT2D eigenvalue weighted by Crippen LogP contribution is -2.29. The molecule has 0 bridgehead atoms. The monoisotopic (exact) mass is 453 g/mol. The highest BCUT2D eigenvalue weighted by Gasteiger charge is 2.14. The number of hydrogen-bond donors (Lipinski definition) is 0. The predicted molar refractivity (Wildman–Crippen MR) is 127 cm³/mol. The highest BCUT2D eigenvalue weighted by atomic mass is 35.5. The molecule has 0 saturated carbocycles. The number of rotatable bonds is 10. The summed E-state index contributed by atoms with van der Waals surface area (Å²) in [6.07, 6.45) is 4.30. The van der Waals surface area contributed by atoms with Crippen molar-refractivity contribution in [2.24, 2.45) is 7.05 Å². The van der Waals surface area contributed by atoms with Gasteiger partial charge >= 0.3 is 0 Å². The number of pyridine rings is 1. The molecule has 0 radical (unpaired) electrons. The van der Waals surface area contributed by atoms with E-state index in [1.54, 1.807) is 25.2 Å². The number of ketones is 1. The normalized spacial score (nSPS) is 11.0. The molecular formula is C25H28ClN3O3. The van der Waals surface area contributed by atoms with E-state index in [-0.39, 0.29) is 29.9 Å². The van der Waals surface area contributed by atoms with Crippen molar-refractivity contribution < 1.29 is 4.79 Å². The van der Waals surface area contributed by atoms with E-state index in [0.29, 0.717) is 29.4 Å². The second-order valence-electron chi connectivity index (χ2n) is 7.90. The lowest BCUT2D eigenvalue weighted by atomic mass is 10.1. The molecule has 0 spiro atoms. The van der Waals surface area contributed by atoms with Gasteiger partial charge in [0.25, 0.3) is 5.56 Å². The molecule has 6 nitrogen and oxygen atoms in total. The first kappa shape index (κ1) is 23.7. The van der Waals surface area contributed by atoms with Crippen LogP contribution in [0.15, 0.2) is 58.1 Å². The Morgan fingerprint density at radius 2 is 1.75 bits per heavy atom. The Kier molecular flexibility index (Phi) is 8.17. The summed E-state index contributed by atoms with van der Waals surface area (Å²) in [6.45, 7) is 2.10. The van der Waals surface area contributed by atoms with Crippen molar-refractivity contribution in [2.45, 2.75) is 52.0 Å². The van der Waals surface area contributed by atoms with Crippen molar-refractivity contribution in [2.75, 3.05) is 0 Å². The molecule has 0 amide bonds. The zero-order valence-corrected chi connectivity index (χ0v) is 19.3. The first-order valence-corrected chi connectivity index (χ1v) is 11.3. The molecule has 0 aliphatic carbocycles. The van der Waals surface area contributed by atoms with Crippen LogP contribution in [0.4, 0.5) is 0 Å². The van der Waals surface area contributed by atoms with Gasteiger partial charge in [0.15, 0.2) is 5.78 Å². The Labute approximate surface area is 192 Å². The Hall–Kier alpha value is -2.99. The van der Waals surface area contributed by atoms with Crippen molar-refractivity contribution >= 4 is 17.4 Å². The minimum Gasteiger partial charge on any atom is -0.316 e. The van der Waals surface area contributed by atoms with E-state index in [1.807, 2.05) is 18.2 Å². The molecule has 2 aromatic heterocycles. The highest BCUT2D eigenvalue weighted by Crippen LogP contribution is 2.19. The summed E-state index contributed by atoms with van der Waals surface area (Å²) in [4.78, 5) is 42.2. The van der Waals surface area contributed by atoms with E-state index in [0.717, 1.165) is 30.5 Å². The maximum atomic E-state index is 12.9. The topological polar surface area (TPSA) is 74.0 Å². The van der Waals surface area contributed by atoms with Crippen molar-refractivity contribution in [1.29, 1.82) is 0 Å². The maximum absolute atomic E-state index is 12.9. The smallest absolute Gasteiger partial charge is 0.254 e. The largest absolute Gasteiger partial charge is 0.316 e. The Morgan fingerprint density at radius 3 is 2.47 bits per heavy atom. The van der Waals surface area contributed by atoms with Crippen molar-refractivity contribution in [3.05, 3.63) is 85.8 Å². The highest BCUT2D eigenvalue weighted by molar-refractivity contribution is 6.30. The molecule has 0 aliphatic heterocycles.